The minimum Gasteiger partial charge on any atom is -0.461 e. The molecule has 1 aromatic rings. The Bertz CT molecular complexity index is 1040. The van der Waals surface area contributed by atoms with Gasteiger partial charge in [-0.05, 0) is 37.7 Å². The van der Waals surface area contributed by atoms with Crippen molar-refractivity contribution in [1.82, 2.24) is 9.80 Å². The van der Waals surface area contributed by atoms with Gasteiger partial charge in [-0.3, -0.25) is 14.4 Å². The Kier molecular flexibility index (Phi) is 7.90. The third-order valence-corrected chi connectivity index (χ3v) is 8.33. The molecule has 1 aromatic carbocycles. The Balaban J connectivity index is 1.75. The molecule has 0 radical (unpaired) electrons. The van der Waals surface area contributed by atoms with Crippen LogP contribution in [0.2, 0.25) is 0 Å². The third-order valence-electron chi connectivity index (χ3n) is 8.33. The lowest BCUT2D eigenvalue weighted by molar-refractivity contribution is -0.161. The topological polar surface area (TPSA) is 96.4 Å². The van der Waals surface area contributed by atoms with Crippen LogP contribution in [0, 0.1) is 17.8 Å². The van der Waals surface area contributed by atoms with E-state index in [0.717, 1.165) is 5.56 Å². The molecule has 8 heteroatoms. The van der Waals surface area contributed by atoms with Gasteiger partial charge in [0.1, 0.15) is 24.2 Å². The molecule has 3 saturated heterocycles. The predicted molar refractivity (Wildman–Crippen MR) is 138 cm³/mol. The minimum atomic E-state index is -1.13. The van der Waals surface area contributed by atoms with E-state index in [2.05, 4.69) is 13.2 Å². The average Bonchev–Trinajstić information content (AvgIpc) is 3.39. The van der Waals surface area contributed by atoms with Gasteiger partial charge in [0.2, 0.25) is 11.8 Å². The first-order valence-electron chi connectivity index (χ1n) is 13.1. The van der Waals surface area contributed by atoms with Crippen LogP contribution in [0.3, 0.4) is 0 Å². The lowest BCUT2D eigenvalue weighted by Gasteiger charge is -2.37. The molecule has 1 spiro atoms. The van der Waals surface area contributed by atoms with E-state index in [9.17, 15) is 19.5 Å². The molecular weight excluding hydrogens is 472 g/mol. The van der Waals surface area contributed by atoms with E-state index in [0.29, 0.717) is 38.9 Å². The van der Waals surface area contributed by atoms with Crippen LogP contribution in [0.5, 0.6) is 0 Å². The Morgan fingerprint density at radius 1 is 1.24 bits per heavy atom. The van der Waals surface area contributed by atoms with Crippen molar-refractivity contribution in [1.29, 1.82) is 0 Å². The van der Waals surface area contributed by atoms with Crippen LogP contribution in [-0.2, 0) is 30.4 Å². The first kappa shape index (κ1) is 27.1. The molecule has 0 saturated carbocycles. The second-order valence-electron chi connectivity index (χ2n) is 10.6. The third kappa shape index (κ3) is 4.50. The van der Waals surface area contributed by atoms with Crippen molar-refractivity contribution in [2.45, 2.75) is 56.9 Å². The highest BCUT2D eigenvalue weighted by Crippen LogP contribution is 2.65. The van der Waals surface area contributed by atoms with Gasteiger partial charge >= 0.3 is 5.97 Å². The zero-order valence-corrected chi connectivity index (χ0v) is 21.8. The maximum Gasteiger partial charge on any atom is 0.313 e. The number of amides is 2. The van der Waals surface area contributed by atoms with Crippen molar-refractivity contribution in [2.75, 3.05) is 26.3 Å². The summed E-state index contributed by atoms with van der Waals surface area (Å²) in [6.45, 7) is 12.3. The number of esters is 1. The number of fused-ring (bicyclic) bond motifs is 1. The number of rotatable bonds is 12. The number of unbranched alkanes of at least 4 members (excludes halogenated alkanes) is 1. The second kappa shape index (κ2) is 10.8. The van der Waals surface area contributed by atoms with E-state index in [1.807, 2.05) is 44.2 Å². The van der Waals surface area contributed by atoms with E-state index >= 15 is 0 Å². The zero-order chi connectivity index (χ0) is 26.8. The van der Waals surface area contributed by atoms with Crippen LogP contribution in [-0.4, -0.2) is 76.2 Å². The average molecular weight is 511 g/mol. The summed E-state index contributed by atoms with van der Waals surface area (Å²) < 4.78 is 12.1. The fraction of sp³-hybridized carbons (Fsp3) is 0.552. The molecule has 2 amide bonds. The monoisotopic (exact) mass is 510 g/mol. The van der Waals surface area contributed by atoms with Gasteiger partial charge in [-0.2, -0.15) is 0 Å². The highest BCUT2D eigenvalue weighted by atomic mass is 16.6. The van der Waals surface area contributed by atoms with Crippen LogP contribution in [0.15, 0.2) is 55.6 Å². The zero-order valence-electron chi connectivity index (χ0n) is 21.8. The van der Waals surface area contributed by atoms with Crippen LogP contribution in [0.1, 0.15) is 38.7 Å². The molecule has 37 heavy (non-hydrogen) atoms. The molecule has 1 N–H and O–H groups in total. The summed E-state index contributed by atoms with van der Waals surface area (Å²) in [5.74, 6) is -2.66. The van der Waals surface area contributed by atoms with E-state index in [1.165, 1.54) is 6.08 Å². The molecular formula is C29H38N2O6. The summed E-state index contributed by atoms with van der Waals surface area (Å²) in [5.41, 5.74) is -1.09. The van der Waals surface area contributed by atoms with Gasteiger partial charge in [-0.25, -0.2) is 0 Å². The number of hydrogen-bond acceptors (Lipinski definition) is 6. The normalized spacial score (nSPS) is 31.8. The van der Waals surface area contributed by atoms with Crippen molar-refractivity contribution in [3.8, 4) is 0 Å². The van der Waals surface area contributed by atoms with Crippen molar-refractivity contribution < 1.29 is 29.0 Å². The number of hydrogen-bond donors (Lipinski definition) is 1. The number of carbonyl (C=O) groups excluding carboxylic acids is 3. The fourth-order valence-corrected chi connectivity index (χ4v) is 6.61. The molecule has 8 nitrogen and oxygen atoms in total. The van der Waals surface area contributed by atoms with Gasteiger partial charge in [0.05, 0.1) is 11.5 Å². The quantitative estimate of drug-likeness (QED) is 0.264. The maximum atomic E-state index is 14.3. The lowest BCUT2D eigenvalue weighted by Crippen LogP contribution is -2.56. The Labute approximate surface area is 218 Å². The van der Waals surface area contributed by atoms with Crippen molar-refractivity contribution in [3.05, 3.63) is 61.2 Å². The largest absolute Gasteiger partial charge is 0.461 e. The molecule has 3 unspecified atom stereocenters. The SMILES string of the molecule is C=CCOC(=O)[C@H]1[C@H]2C(=O)N(CCCCO)C(C(=O)N(CC=C)Cc3ccccc3)C23CC(C)[C@]1(C)O3. The van der Waals surface area contributed by atoms with Crippen LogP contribution in [0.25, 0.3) is 0 Å². The first-order chi connectivity index (χ1) is 17.7. The van der Waals surface area contributed by atoms with Crippen LogP contribution in [0.4, 0.5) is 0 Å². The Morgan fingerprint density at radius 2 is 1.97 bits per heavy atom. The lowest BCUT2D eigenvalue weighted by atomic mass is 9.62. The molecule has 3 heterocycles. The summed E-state index contributed by atoms with van der Waals surface area (Å²) in [6.07, 6.45) is 4.70. The number of aliphatic hydroxyl groups is 1. The molecule has 3 fully saturated rings. The van der Waals surface area contributed by atoms with E-state index in [-0.39, 0.29) is 30.9 Å². The molecule has 0 aromatic heterocycles. The summed E-state index contributed by atoms with van der Waals surface area (Å²) in [5, 5.41) is 9.35. The van der Waals surface area contributed by atoms with Crippen LogP contribution < -0.4 is 0 Å². The van der Waals surface area contributed by atoms with Gasteiger partial charge in [-0.15, -0.1) is 6.58 Å². The first-order valence-corrected chi connectivity index (χ1v) is 13.1. The minimum absolute atomic E-state index is 0.00603. The smallest absolute Gasteiger partial charge is 0.313 e. The van der Waals surface area contributed by atoms with Crippen molar-refractivity contribution in [3.63, 3.8) is 0 Å². The van der Waals surface area contributed by atoms with Gasteiger partial charge in [0.25, 0.3) is 0 Å². The van der Waals surface area contributed by atoms with Gasteiger partial charge in [-0.1, -0.05) is 56.0 Å². The fourth-order valence-electron chi connectivity index (χ4n) is 6.61. The molecule has 6 atom stereocenters. The van der Waals surface area contributed by atoms with Crippen LogP contribution >= 0.6 is 0 Å². The predicted octanol–water partition coefficient (Wildman–Crippen LogP) is 2.71. The number of nitrogens with zero attached hydrogens (tertiary/aromatic N) is 2. The standard InChI is InChI=1S/C29H38N2O6/c1-5-14-30(19-21-12-8-7-9-13-21)26(34)24-29-18-20(3)28(4,37-29)23(27(35)36-17-6-2)22(29)25(33)31(24)15-10-11-16-32/h5-9,12-13,20,22-24,32H,1-2,10-11,14-19H2,3-4H3/t20?,22-,23+,24?,28-,29?/m0/s1. The summed E-state index contributed by atoms with van der Waals surface area (Å²) >= 11 is 0. The number of aliphatic hydroxyl groups excluding tert-OH is 1. The van der Waals surface area contributed by atoms with Crippen molar-refractivity contribution >= 4 is 17.8 Å². The molecule has 3 aliphatic rings. The van der Waals surface area contributed by atoms with Gasteiger partial charge in [0.15, 0.2) is 0 Å². The van der Waals surface area contributed by atoms with E-state index < -0.39 is 35.0 Å². The number of ether oxygens (including phenoxy) is 2. The Morgan fingerprint density at radius 3 is 2.62 bits per heavy atom. The Hall–Kier alpha value is -2.97. The molecule has 3 aliphatic heterocycles. The second-order valence-corrected chi connectivity index (χ2v) is 10.6. The maximum absolute atomic E-state index is 14.3. The molecule has 0 aliphatic carbocycles. The summed E-state index contributed by atoms with van der Waals surface area (Å²) in [4.78, 5) is 44.9. The summed E-state index contributed by atoms with van der Waals surface area (Å²) in [7, 11) is 0. The molecule has 2 bridgehead atoms. The van der Waals surface area contributed by atoms with Gasteiger partial charge < -0.3 is 24.4 Å². The number of benzene rings is 1. The number of likely N-dealkylation sites (tertiary alicyclic amines) is 1. The highest BCUT2D eigenvalue weighted by molar-refractivity contribution is 5.98. The number of carbonyl (C=O) groups is 3. The highest BCUT2D eigenvalue weighted by Gasteiger charge is 2.80. The molecule has 4 rings (SSSR count). The van der Waals surface area contributed by atoms with Crippen molar-refractivity contribution in [2.24, 2.45) is 17.8 Å². The molecule has 200 valence electrons. The van der Waals surface area contributed by atoms with E-state index in [1.54, 1.807) is 15.9 Å². The van der Waals surface area contributed by atoms with Gasteiger partial charge in [0, 0.05) is 26.2 Å². The van der Waals surface area contributed by atoms with E-state index in [4.69, 9.17) is 9.47 Å². The summed E-state index contributed by atoms with van der Waals surface area (Å²) in [6, 6.07) is 8.79.